The molecule has 4 heteroatoms. The van der Waals surface area contributed by atoms with Gasteiger partial charge in [-0.2, -0.15) is 0 Å². The van der Waals surface area contributed by atoms with E-state index in [1.54, 1.807) is 6.92 Å². The molecule has 0 saturated carbocycles. The molecule has 0 bridgehead atoms. The molecule has 0 saturated heterocycles. The van der Waals surface area contributed by atoms with Crippen molar-refractivity contribution in [3.63, 3.8) is 0 Å². The maximum absolute atomic E-state index is 12.1. The van der Waals surface area contributed by atoms with Crippen LogP contribution in [0.1, 0.15) is 29.2 Å². The van der Waals surface area contributed by atoms with Crippen molar-refractivity contribution >= 4 is 5.91 Å². The van der Waals surface area contributed by atoms with Crippen molar-refractivity contribution in [2.24, 2.45) is 0 Å². The summed E-state index contributed by atoms with van der Waals surface area (Å²) in [6.07, 6.45) is -0.553. The lowest BCUT2D eigenvalue weighted by molar-refractivity contribution is -0.127. The Morgan fingerprint density at radius 2 is 1.76 bits per heavy atom. The van der Waals surface area contributed by atoms with Gasteiger partial charge in [0.2, 0.25) is 0 Å². The van der Waals surface area contributed by atoms with E-state index in [4.69, 9.17) is 9.47 Å². The highest BCUT2D eigenvalue weighted by atomic mass is 16.5. The van der Waals surface area contributed by atoms with E-state index in [1.807, 2.05) is 50.2 Å². The first kappa shape index (κ1) is 18.8. The monoisotopic (exact) mass is 341 g/mol. The average molecular weight is 341 g/mol. The molecule has 0 aromatic heterocycles. The number of aryl methyl sites for hydroxylation is 4. The molecular formula is C21H27NO3. The zero-order valence-corrected chi connectivity index (χ0v) is 15.7. The number of carbonyl (C=O) groups is 1. The lowest BCUT2D eigenvalue weighted by Crippen LogP contribution is -2.38. The molecule has 1 amide bonds. The molecule has 0 aliphatic heterocycles. The second kappa shape index (κ2) is 8.56. The zero-order valence-electron chi connectivity index (χ0n) is 15.7. The van der Waals surface area contributed by atoms with E-state index in [0.717, 1.165) is 17.1 Å². The Morgan fingerprint density at radius 3 is 2.44 bits per heavy atom. The Bertz CT molecular complexity index is 740. The number of carbonyl (C=O) groups excluding carboxylic acids is 1. The zero-order chi connectivity index (χ0) is 18.4. The summed E-state index contributed by atoms with van der Waals surface area (Å²) in [5.74, 6) is 1.40. The molecule has 25 heavy (non-hydrogen) atoms. The summed E-state index contributed by atoms with van der Waals surface area (Å²) in [6, 6.07) is 11.9. The molecule has 2 rings (SSSR count). The maximum Gasteiger partial charge on any atom is 0.260 e. The van der Waals surface area contributed by atoms with Crippen LogP contribution in [0.4, 0.5) is 0 Å². The standard InChI is InChI=1S/C21H27NO3/c1-14-6-9-20(17(4)12-14)25-18(5)21(23)22-10-11-24-19-8-7-15(2)16(3)13-19/h6-9,12-13,18H,10-11H2,1-5H3,(H,22,23)/t18-/m1/s1. The molecule has 2 aromatic carbocycles. The lowest BCUT2D eigenvalue weighted by Gasteiger charge is -2.16. The first-order valence-electron chi connectivity index (χ1n) is 8.58. The van der Waals surface area contributed by atoms with Crippen molar-refractivity contribution in [1.82, 2.24) is 5.32 Å². The van der Waals surface area contributed by atoms with Gasteiger partial charge in [0.15, 0.2) is 6.10 Å². The molecule has 2 aromatic rings. The summed E-state index contributed by atoms with van der Waals surface area (Å²) >= 11 is 0. The highest BCUT2D eigenvalue weighted by Gasteiger charge is 2.15. The molecule has 1 atom stereocenters. The topological polar surface area (TPSA) is 47.6 Å². The number of amides is 1. The van der Waals surface area contributed by atoms with Crippen LogP contribution in [-0.4, -0.2) is 25.2 Å². The molecule has 0 heterocycles. The number of hydrogen-bond donors (Lipinski definition) is 1. The molecule has 0 aliphatic rings. The van der Waals surface area contributed by atoms with Crippen LogP contribution in [0.5, 0.6) is 11.5 Å². The van der Waals surface area contributed by atoms with E-state index < -0.39 is 6.10 Å². The number of hydrogen-bond acceptors (Lipinski definition) is 3. The van der Waals surface area contributed by atoms with Gasteiger partial charge in [-0.3, -0.25) is 4.79 Å². The van der Waals surface area contributed by atoms with E-state index in [2.05, 4.69) is 19.2 Å². The Kier molecular flexibility index (Phi) is 6.45. The largest absolute Gasteiger partial charge is 0.492 e. The van der Waals surface area contributed by atoms with Gasteiger partial charge in [-0.05, 0) is 69.5 Å². The highest BCUT2D eigenvalue weighted by molar-refractivity contribution is 5.80. The van der Waals surface area contributed by atoms with Gasteiger partial charge < -0.3 is 14.8 Å². The Morgan fingerprint density at radius 1 is 1.00 bits per heavy atom. The van der Waals surface area contributed by atoms with Gasteiger partial charge in [0.05, 0.1) is 6.54 Å². The number of benzene rings is 2. The summed E-state index contributed by atoms with van der Waals surface area (Å²) in [6.45, 7) is 10.7. The van der Waals surface area contributed by atoms with Crippen LogP contribution < -0.4 is 14.8 Å². The van der Waals surface area contributed by atoms with E-state index in [0.29, 0.717) is 13.2 Å². The molecule has 0 unspecified atom stereocenters. The predicted molar refractivity (Wildman–Crippen MR) is 100 cm³/mol. The third-order valence-electron chi connectivity index (χ3n) is 4.15. The van der Waals surface area contributed by atoms with Crippen LogP contribution in [0.15, 0.2) is 36.4 Å². The van der Waals surface area contributed by atoms with E-state index in [-0.39, 0.29) is 5.91 Å². The second-order valence-corrected chi connectivity index (χ2v) is 6.41. The van der Waals surface area contributed by atoms with Gasteiger partial charge in [0.25, 0.3) is 5.91 Å². The molecule has 0 spiro atoms. The fourth-order valence-corrected chi connectivity index (χ4v) is 2.47. The number of nitrogens with one attached hydrogen (secondary N) is 1. The van der Waals surface area contributed by atoms with Crippen LogP contribution in [-0.2, 0) is 4.79 Å². The fourth-order valence-electron chi connectivity index (χ4n) is 2.47. The smallest absolute Gasteiger partial charge is 0.260 e. The highest BCUT2D eigenvalue weighted by Crippen LogP contribution is 2.20. The first-order chi connectivity index (χ1) is 11.9. The van der Waals surface area contributed by atoms with Crippen molar-refractivity contribution in [3.8, 4) is 11.5 Å². The van der Waals surface area contributed by atoms with Crippen molar-refractivity contribution in [1.29, 1.82) is 0 Å². The van der Waals surface area contributed by atoms with E-state index >= 15 is 0 Å². The van der Waals surface area contributed by atoms with Gasteiger partial charge in [-0.1, -0.05) is 23.8 Å². The number of ether oxygens (including phenoxy) is 2. The van der Waals surface area contributed by atoms with Crippen molar-refractivity contribution < 1.29 is 14.3 Å². The van der Waals surface area contributed by atoms with Gasteiger partial charge in [-0.25, -0.2) is 0 Å². The van der Waals surface area contributed by atoms with E-state index in [1.165, 1.54) is 16.7 Å². The number of rotatable bonds is 7. The van der Waals surface area contributed by atoms with Crippen LogP contribution >= 0.6 is 0 Å². The van der Waals surface area contributed by atoms with Crippen molar-refractivity contribution in [2.75, 3.05) is 13.2 Å². The van der Waals surface area contributed by atoms with Gasteiger partial charge in [0, 0.05) is 0 Å². The summed E-state index contributed by atoms with van der Waals surface area (Å²) < 4.78 is 11.4. The minimum Gasteiger partial charge on any atom is -0.492 e. The third kappa shape index (κ3) is 5.52. The summed E-state index contributed by atoms with van der Waals surface area (Å²) in [4.78, 5) is 12.1. The Labute approximate surface area is 150 Å². The summed E-state index contributed by atoms with van der Waals surface area (Å²) in [5.41, 5.74) is 4.62. The average Bonchev–Trinajstić information content (AvgIpc) is 2.57. The Hall–Kier alpha value is -2.49. The second-order valence-electron chi connectivity index (χ2n) is 6.41. The molecule has 134 valence electrons. The maximum atomic E-state index is 12.1. The molecular weight excluding hydrogens is 314 g/mol. The van der Waals surface area contributed by atoms with Crippen molar-refractivity contribution in [3.05, 3.63) is 58.7 Å². The van der Waals surface area contributed by atoms with Gasteiger partial charge in [0.1, 0.15) is 18.1 Å². The molecule has 0 radical (unpaired) electrons. The van der Waals surface area contributed by atoms with Crippen LogP contribution in [0.3, 0.4) is 0 Å². The molecule has 1 N–H and O–H groups in total. The molecule has 4 nitrogen and oxygen atoms in total. The van der Waals surface area contributed by atoms with Crippen LogP contribution in [0.25, 0.3) is 0 Å². The lowest BCUT2D eigenvalue weighted by atomic mass is 10.1. The van der Waals surface area contributed by atoms with Crippen LogP contribution in [0.2, 0.25) is 0 Å². The minimum absolute atomic E-state index is 0.149. The first-order valence-corrected chi connectivity index (χ1v) is 8.58. The third-order valence-corrected chi connectivity index (χ3v) is 4.15. The fraction of sp³-hybridized carbons (Fsp3) is 0.381. The Balaban J connectivity index is 1.76. The molecule has 0 fully saturated rings. The normalized spacial score (nSPS) is 11.7. The predicted octanol–water partition coefficient (Wildman–Crippen LogP) is 3.88. The molecule has 0 aliphatic carbocycles. The quantitative estimate of drug-likeness (QED) is 0.778. The minimum atomic E-state index is -0.553. The SMILES string of the molecule is Cc1ccc(O[C@H](C)C(=O)NCCOc2ccc(C)c(C)c2)c(C)c1. The van der Waals surface area contributed by atoms with Gasteiger partial charge in [-0.15, -0.1) is 0 Å². The summed E-state index contributed by atoms with van der Waals surface area (Å²) in [5, 5.41) is 2.84. The van der Waals surface area contributed by atoms with Gasteiger partial charge >= 0.3 is 0 Å². The van der Waals surface area contributed by atoms with Crippen LogP contribution in [0, 0.1) is 27.7 Å². The van der Waals surface area contributed by atoms with E-state index in [9.17, 15) is 4.79 Å². The van der Waals surface area contributed by atoms with Crippen molar-refractivity contribution in [2.45, 2.75) is 40.7 Å². The summed E-state index contributed by atoms with van der Waals surface area (Å²) in [7, 11) is 0.